The molecule has 0 atom stereocenters. The summed E-state index contributed by atoms with van der Waals surface area (Å²) in [5, 5.41) is 10.6. The van der Waals surface area contributed by atoms with Gasteiger partial charge in [-0.1, -0.05) is 120 Å². The number of carboxylic acids is 1. The van der Waals surface area contributed by atoms with Crippen molar-refractivity contribution in [3.63, 3.8) is 0 Å². The molecule has 1 aliphatic rings. The highest BCUT2D eigenvalue weighted by molar-refractivity contribution is 6.94. The number of hydrogen-bond donors (Lipinski definition) is 1. The first kappa shape index (κ1) is 26.9. The third-order valence-electron chi connectivity index (χ3n) is 7.50. The van der Waals surface area contributed by atoms with Crippen LogP contribution >= 0.6 is 0 Å². The number of rotatable bonds is 5. The largest absolute Gasteiger partial charge is 0.478 e. The Kier molecular flexibility index (Phi) is 6.98. The molecular weight excluding hydrogens is 468 g/mol. The molecule has 0 bridgehead atoms. The van der Waals surface area contributed by atoms with Crippen LogP contribution < -0.4 is 0 Å². The predicted octanol–water partition coefficient (Wildman–Crippen LogP) is 9.21. The molecule has 0 unspecified atom stereocenters. The van der Waals surface area contributed by atoms with Gasteiger partial charge in [0.15, 0.2) is 0 Å². The van der Waals surface area contributed by atoms with E-state index < -0.39 is 14.0 Å². The summed E-state index contributed by atoms with van der Waals surface area (Å²) in [7, 11) is -1.72. The van der Waals surface area contributed by atoms with Crippen LogP contribution in [0.1, 0.15) is 84.8 Å². The Labute approximate surface area is 223 Å². The molecule has 3 aromatic rings. The van der Waals surface area contributed by atoms with Crippen LogP contribution in [0, 0.1) is 0 Å². The van der Waals surface area contributed by atoms with E-state index in [2.05, 4.69) is 109 Å². The molecule has 3 aromatic carbocycles. The fourth-order valence-electron chi connectivity index (χ4n) is 5.16. The third-order valence-corrected chi connectivity index (χ3v) is 9.55. The van der Waals surface area contributed by atoms with Crippen molar-refractivity contribution in [2.45, 2.75) is 71.5 Å². The van der Waals surface area contributed by atoms with Gasteiger partial charge in [-0.25, -0.2) is 4.79 Å². The molecule has 0 saturated heterocycles. The van der Waals surface area contributed by atoms with Gasteiger partial charge in [0.25, 0.3) is 0 Å². The van der Waals surface area contributed by atoms with Gasteiger partial charge in [-0.3, -0.25) is 0 Å². The maximum atomic E-state index is 11.4. The molecule has 37 heavy (non-hydrogen) atoms. The molecule has 0 aromatic heterocycles. The van der Waals surface area contributed by atoms with Gasteiger partial charge in [0.05, 0.1) is 13.6 Å². The molecular formula is C34H40O2Si. The first-order chi connectivity index (χ1) is 17.2. The lowest BCUT2D eigenvalue weighted by molar-refractivity contribution is 0.0697. The maximum Gasteiger partial charge on any atom is 0.335 e. The average Bonchev–Trinajstić information content (AvgIpc) is 2.81. The second-order valence-corrected chi connectivity index (χ2v) is 18.1. The zero-order valence-corrected chi connectivity index (χ0v) is 24.6. The topological polar surface area (TPSA) is 37.3 Å². The Balaban J connectivity index is 1.81. The molecule has 0 amide bonds. The van der Waals surface area contributed by atoms with E-state index in [0.717, 1.165) is 12.0 Å². The fourth-order valence-corrected chi connectivity index (χ4v) is 6.79. The minimum Gasteiger partial charge on any atom is -0.478 e. The standard InChI is InChI=1S/C34H40O2Si/c1-33(2,3)27-16-14-24(15-17-27)28-19-20-34(4,5)30-18-9-23(21-29(28)30)22-31(37(6,7)8)25-10-12-26(13-11-25)32(35)36/h9-19,21-22H,20H2,1-8H3,(H,35,36)/b31-22-. The van der Waals surface area contributed by atoms with Crippen molar-refractivity contribution in [3.05, 3.63) is 112 Å². The molecule has 0 aliphatic heterocycles. The van der Waals surface area contributed by atoms with Crippen molar-refractivity contribution in [2.75, 3.05) is 0 Å². The Morgan fingerprint density at radius 2 is 1.49 bits per heavy atom. The Morgan fingerprint density at radius 3 is 2.03 bits per heavy atom. The highest BCUT2D eigenvalue weighted by atomic mass is 28.3. The maximum absolute atomic E-state index is 11.4. The molecule has 1 N–H and O–H groups in total. The van der Waals surface area contributed by atoms with Crippen LogP contribution in [0.2, 0.25) is 19.6 Å². The van der Waals surface area contributed by atoms with Crippen molar-refractivity contribution in [3.8, 4) is 0 Å². The monoisotopic (exact) mass is 508 g/mol. The summed E-state index contributed by atoms with van der Waals surface area (Å²) in [6.07, 6.45) is 5.75. The highest BCUT2D eigenvalue weighted by Crippen LogP contribution is 2.42. The first-order valence-corrected chi connectivity index (χ1v) is 16.7. The minimum absolute atomic E-state index is 0.0840. The third kappa shape index (κ3) is 5.72. The van der Waals surface area contributed by atoms with Gasteiger partial charge >= 0.3 is 5.97 Å². The van der Waals surface area contributed by atoms with Gasteiger partial charge in [-0.05, 0) is 74.4 Å². The zero-order chi connectivity index (χ0) is 27.2. The minimum atomic E-state index is -1.72. The van der Waals surface area contributed by atoms with E-state index in [0.29, 0.717) is 5.56 Å². The SMILES string of the molecule is CC(C)(C)c1ccc(C2=CCC(C)(C)c3ccc(/C=C(/c4ccc(C(=O)O)cc4)[Si](C)(C)C)cc32)cc1. The van der Waals surface area contributed by atoms with Gasteiger partial charge < -0.3 is 5.11 Å². The van der Waals surface area contributed by atoms with Gasteiger partial charge in [-0.15, -0.1) is 0 Å². The summed E-state index contributed by atoms with van der Waals surface area (Å²) in [6, 6.07) is 23.3. The normalized spacial score (nSPS) is 15.7. The van der Waals surface area contributed by atoms with Gasteiger partial charge in [0, 0.05) is 0 Å². The van der Waals surface area contributed by atoms with Crippen LogP contribution in [0.3, 0.4) is 0 Å². The molecule has 0 spiro atoms. The second-order valence-electron chi connectivity index (χ2n) is 13.0. The summed E-state index contributed by atoms with van der Waals surface area (Å²) < 4.78 is 0. The number of carbonyl (C=O) groups is 1. The van der Waals surface area contributed by atoms with Gasteiger partial charge in [0.2, 0.25) is 0 Å². The fraction of sp³-hybridized carbons (Fsp3) is 0.324. The van der Waals surface area contributed by atoms with Crippen molar-refractivity contribution in [1.29, 1.82) is 0 Å². The summed E-state index contributed by atoms with van der Waals surface area (Å²) in [5.74, 6) is -0.891. The first-order valence-electron chi connectivity index (χ1n) is 13.2. The lowest BCUT2D eigenvalue weighted by Crippen LogP contribution is -2.23. The molecule has 1 aliphatic carbocycles. The number of benzene rings is 3. The van der Waals surface area contributed by atoms with Crippen LogP contribution in [0.5, 0.6) is 0 Å². The van der Waals surface area contributed by atoms with Gasteiger partial charge in [0.1, 0.15) is 0 Å². The van der Waals surface area contributed by atoms with E-state index >= 15 is 0 Å². The summed E-state index contributed by atoms with van der Waals surface area (Å²) in [5.41, 5.74) is 9.45. The molecule has 0 radical (unpaired) electrons. The Bertz CT molecular complexity index is 1370. The quantitative estimate of drug-likeness (QED) is 0.275. The summed E-state index contributed by atoms with van der Waals surface area (Å²) in [4.78, 5) is 11.4. The number of hydrogen-bond acceptors (Lipinski definition) is 1. The molecule has 0 heterocycles. The molecule has 2 nitrogen and oxygen atoms in total. The van der Waals surface area contributed by atoms with E-state index in [-0.39, 0.29) is 10.8 Å². The summed E-state index contributed by atoms with van der Waals surface area (Å²) >= 11 is 0. The number of fused-ring (bicyclic) bond motifs is 1. The van der Waals surface area contributed by atoms with E-state index in [4.69, 9.17) is 0 Å². The van der Waals surface area contributed by atoms with Crippen LogP contribution in [0.25, 0.3) is 16.8 Å². The van der Waals surface area contributed by atoms with E-state index in [1.807, 2.05) is 12.1 Å². The van der Waals surface area contributed by atoms with Crippen LogP contribution in [-0.2, 0) is 10.8 Å². The lowest BCUT2D eigenvalue weighted by atomic mass is 9.71. The molecule has 4 rings (SSSR count). The van der Waals surface area contributed by atoms with Crippen molar-refractivity contribution >= 4 is 30.9 Å². The Hall–Kier alpha value is -3.17. The van der Waals surface area contributed by atoms with E-state index in [1.54, 1.807) is 12.1 Å². The number of carboxylic acid groups (broad SMARTS) is 1. The van der Waals surface area contributed by atoms with Crippen LogP contribution in [0.15, 0.2) is 72.8 Å². The molecule has 192 valence electrons. The van der Waals surface area contributed by atoms with Crippen LogP contribution in [-0.4, -0.2) is 19.1 Å². The van der Waals surface area contributed by atoms with E-state index in [9.17, 15) is 9.90 Å². The van der Waals surface area contributed by atoms with Crippen molar-refractivity contribution < 1.29 is 9.90 Å². The smallest absolute Gasteiger partial charge is 0.335 e. The van der Waals surface area contributed by atoms with Crippen LogP contribution in [0.4, 0.5) is 0 Å². The van der Waals surface area contributed by atoms with E-state index in [1.165, 1.54) is 38.6 Å². The van der Waals surface area contributed by atoms with Crippen molar-refractivity contribution in [2.24, 2.45) is 0 Å². The lowest BCUT2D eigenvalue weighted by Gasteiger charge is -2.33. The number of allylic oxidation sites excluding steroid dienone is 1. The van der Waals surface area contributed by atoms with Crippen molar-refractivity contribution in [1.82, 2.24) is 0 Å². The highest BCUT2D eigenvalue weighted by Gasteiger charge is 2.29. The second kappa shape index (κ2) is 9.61. The molecule has 0 saturated carbocycles. The van der Waals surface area contributed by atoms with Gasteiger partial charge in [-0.2, -0.15) is 0 Å². The number of aromatic carboxylic acids is 1. The summed E-state index contributed by atoms with van der Waals surface area (Å²) in [6.45, 7) is 18.4. The zero-order valence-electron chi connectivity index (χ0n) is 23.6. The predicted molar refractivity (Wildman–Crippen MR) is 161 cm³/mol. The average molecular weight is 509 g/mol. The molecule has 0 fully saturated rings. The molecule has 3 heteroatoms. The Morgan fingerprint density at radius 1 is 0.892 bits per heavy atom.